The van der Waals surface area contributed by atoms with Crippen LogP contribution in [0, 0.1) is 52.3 Å². The second-order valence-corrected chi connectivity index (χ2v) is 24.1. The summed E-state index contributed by atoms with van der Waals surface area (Å²) in [6.07, 6.45) is 14.9. The molecule has 6 fully saturated rings. The van der Waals surface area contributed by atoms with Crippen LogP contribution in [-0.2, 0) is 57.1 Å². The Bertz CT molecular complexity index is 2350. The van der Waals surface area contributed by atoms with Gasteiger partial charge in [0, 0.05) is 35.4 Å². The Balaban J connectivity index is 0.682. The standard InChI is InChI=1S/C61H90N4O15/c1-7-12-53-79-51-34-48-46-20-15-40-33-42(66)21-23-59(40,5)54(46)49(67)35-60(48,6)61(51,80-53)50(68)37-77-43-18-16-41(17-19-43)64-56(70)39(4)63-57(71)55(38(2)3)65-52(69)22-25-73-27-29-75-31-32-76-30-28-74-26-24-62-58(72)78-36-47-44-13-10-8-9-11-14-45(44)47/h16-19,21,23,33,38-39,44-49,51,53-55,67H,7-15,20,22,24-32,34-37H2,1-6H3,(H,62,72)(H,63,71)(H,64,70)(H,65,69)/t39-,44?,45?,46-,47?,48-,49-,51+,53?,54+,55-,59-,60-,61+/m0/s1. The van der Waals surface area contributed by atoms with E-state index in [-0.39, 0.29) is 73.5 Å². The van der Waals surface area contributed by atoms with Gasteiger partial charge in [0.15, 0.2) is 17.7 Å². The first-order valence-electron chi connectivity index (χ1n) is 29.8. The van der Waals surface area contributed by atoms with E-state index in [2.05, 4.69) is 35.1 Å². The molecule has 19 heteroatoms. The van der Waals surface area contributed by atoms with Gasteiger partial charge in [-0.3, -0.25) is 24.0 Å². The van der Waals surface area contributed by atoms with Crippen LogP contribution in [0.15, 0.2) is 48.1 Å². The maximum absolute atomic E-state index is 14.7. The second kappa shape index (κ2) is 28.0. The summed E-state index contributed by atoms with van der Waals surface area (Å²) >= 11 is 0. The van der Waals surface area contributed by atoms with Gasteiger partial charge in [-0.25, -0.2) is 4.79 Å². The summed E-state index contributed by atoms with van der Waals surface area (Å²) in [5.74, 6) is 0.558. The summed E-state index contributed by atoms with van der Waals surface area (Å²) in [6, 6.07) is 4.75. The largest absolute Gasteiger partial charge is 0.486 e. The predicted octanol–water partition coefficient (Wildman–Crippen LogP) is 6.79. The lowest BCUT2D eigenvalue weighted by atomic mass is 9.46. The van der Waals surface area contributed by atoms with Gasteiger partial charge in [-0.15, -0.1) is 0 Å². The lowest BCUT2D eigenvalue weighted by Crippen LogP contribution is -2.63. The molecule has 13 atom stereocenters. The summed E-state index contributed by atoms with van der Waals surface area (Å²) in [5, 5.41) is 23.1. The minimum absolute atomic E-state index is 0.0182. The summed E-state index contributed by atoms with van der Waals surface area (Å²) in [7, 11) is 0. The summed E-state index contributed by atoms with van der Waals surface area (Å²) in [4.78, 5) is 78.6. The van der Waals surface area contributed by atoms with Crippen molar-refractivity contribution in [2.24, 2.45) is 52.3 Å². The van der Waals surface area contributed by atoms with Crippen LogP contribution in [0.25, 0.3) is 0 Å². The fourth-order valence-electron chi connectivity index (χ4n) is 14.4. The average molecular weight is 1120 g/mol. The molecule has 0 bridgehead atoms. The minimum Gasteiger partial charge on any atom is -0.486 e. The number of anilines is 1. The smallest absolute Gasteiger partial charge is 0.407 e. The van der Waals surface area contributed by atoms with Crippen LogP contribution in [0.5, 0.6) is 5.75 Å². The van der Waals surface area contributed by atoms with Gasteiger partial charge >= 0.3 is 6.09 Å². The number of allylic oxidation sites excluding steroid dienone is 4. The number of alkyl carbamates (subject to hydrolysis) is 1. The third-order valence-corrected chi connectivity index (χ3v) is 18.6. The van der Waals surface area contributed by atoms with Crippen molar-refractivity contribution in [3.63, 3.8) is 0 Å². The number of carbonyl (C=O) groups excluding carboxylic acids is 6. The third-order valence-electron chi connectivity index (χ3n) is 18.6. The first kappa shape index (κ1) is 61.3. The Hall–Kier alpha value is -4.76. The summed E-state index contributed by atoms with van der Waals surface area (Å²) in [6.45, 7) is 14.6. The highest BCUT2D eigenvalue weighted by Crippen LogP contribution is 2.70. The lowest BCUT2D eigenvalue weighted by molar-refractivity contribution is -0.200. The first-order chi connectivity index (χ1) is 38.5. The third kappa shape index (κ3) is 14.3. The van der Waals surface area contributed by atoms with E-state index < -0.39 is 58.8 Å². The molecule has 1 saturated heterocycles. The molecular weight excluding hydrogens is 1030 g/mol. The predicted molar refractivity (Wildman–Crippen MR) is 296 cm³/mol. The van der Waals surface area contributed by atoms with Crippen molar-refractivity contribution in [2.45, 2.75) is 161 Å². The van der Waals surface area contributed by atoms with E-state index in [0.29, 0.717) is 89.4 Å². The van der Waals surface area contributed by atoms with E-state index in [9.17, 15) is 33.9 Å². The zero-order chi connectivity index (χ0) is 57.0. The van der Waals surface area contributed by atoms with E-state index in [1.54, 1.807) is 57.2 Å². The highest BCUT2D eigenvalue weighted by molar-refractivity contribution is 6.01. The van der Waals surface area contributed by atoms with Crippen LogP contribution in [0.2, 0.25) is 0 Å². The zero-order valence-corrected chi connectivity index (χ0v) is 48.1. The fourth-order valence-corrected chi connectivity index (χ4v) is 14.4. The normalized spacial score (nSPS) is 31.8. The number of rotatable bonds is 29. The number of carbonyl (C=O) groups is 6. The van der Waals surface area contributed by atoms with Crippen molar-refractivity contribution in [1.29, 1.82) is 0 Å². The van der Waals surface area contributed by atoms with Gasteiger partial charge in [0.1, 0.15) is 24.4 Å². The lowest BCUT2D eigenvalue weighted by Gasteiger charge is -2.59. The second-order valence-electron chi connectivity index (χ2n) is 24.1. The van der Waals surface area contributed by atoms with Gasteiger partial charge in [-0.2, -0.15) is 0 Å². The quantitative estimate of drug-likeness (QED) is 0.0519. The van der Waals surface area contributed by atoms with E-state index >= 15 is 0 Å². The summed E-state index contributed by atoms with van der Waals surface area (Å²) < 4.78 is 47.1. The Morgan fingerprint density at radius 2 is 1.48 bits per heavy atom. The molecule has 444 valence electrons. The highest BCUT2D eigenvalue weighted by atomic mass is 16.7. The van der Waals surface area contributed by atoms with Crippen LogP contribution in [0.4, 0.5) is 10.5 Å². The molecule has 1 heterocycles. The Kier molecular flexibility index (Phi) is 21.5. The first-order valence-corrected chi connectivity index (χ1v) is 29.8. The monoisotopic (exact) mass is 1120 g/mol. The van der Waals surface area contributed by atoms with Crippen molar-refractivity contribution < 1.29 is 71.8 Å². The van der Waals surface area contributed by atoms with Crippen molar-refractivity contribution in [3.8, 4) is 5.75 Å². The SMILES string of the molecule is CCCC1O[C@@H]2C[C@H]3[C@@H]4CCC5=CC(=O)C=C[C@]5(C)[C@H]4[C@@H](O)C[C@]3(C)[C@]2(C(=O)COc2ccc(NC(=O)[C@H](C)NC(=O)[C@@H](NC(=O)CCOCCOCCOCCOCCNC(=O)OCC3C4CCCCCCC43)C(C)C)cc2)O1. The molecule has 5 saturated carbocycles. The number of hydrogen-bond donors (Lipinski definition) is 5. The molecule has 4 amide bonds. The number of amides is 4. The van der Waals surface area contributed by atoms with E-state index in [1.165, 1.54) is 38.5 Å². The minimum atomic E-state index is -1.32. The van der Waals surface area contributed by atoms with E-state index in [4.69, 9.17) is 37.9 Å². The van der Waals surface area contributed by atoms with Gasteiger partial charge in [0.2, 0.25) is 23.5 Å². The molecule has 0 radical (unpaired) electrons. The van der Waals surface area contributed by atoms with Gasteiger partial charge in [0.25, 0.3) is 0 Å². The Morgan fingerprint density at radius 1 is 0.812 bits per heavy atom. The van der Waals surface area contributed by atoms with Gasteiger partial charge in [0.05, 0.1) is 71.7 Å². The van der Waals surface area contributed by atoms with E-state index in [1.807, 2.05) is 13.0 Å². The molecule has 5 N–H and O–H groups in total. The van der Waals surface area contributed by atoms with Crippen LogP contribution < -0.4 is 26.0 Å². The molecular formula is C61H90N4O15. The highest BCUT2D eigenvalue weighted by Gasteiger charge is 2.76. The van der Waals surface area contributed by atoms with Crippen molar-refractivity contribution >= 4 is 41.1 Å². The number of benzene rings is 1. The number of hydrogen-bond acceptors (Lipinski definition) is 15. The molecule has 80 heavy (non-hydrogen) atoms. The Labute approximate surface area is 472 Å². The van der Waals surface area contributed by atoms with Gasteiger partial charge in [-0.05, 0) is 124 Å². The number of Topliss-reactive ketones (excluding diaryl/α,β-unsaturated/α-hetero) is 1. The number of aliphatic hydroxyl groups excluding tert-OH is 1. The Morgan fingerprint density at radius 3 is 2.14 bits per heavy atom. The molecule has 1 aromatic carbocycles. The van der Waals surface area contributed by atoms with Crippen molar-refractivity contribution in [2.75, 3.05) is 77.9 Å². The summed E-state index contributed by atoms with van der Waals surface area (Å²) in [5.41, 5.74) is -0.992. The maximum Gasteiger partial charge on any atom is 0.407 e. The molecule has 0 spiro atoms. The number of aliphatic hydroxyl groups is 1. The number of nitrogens with one attached hydrogen (secondary N) is 4. The van der Waals surface area contributed by atoms with Crippen LogP contribution >= 0.6 is 0 Å². The molecule has 7 aliphatic rings. The van der Waals surface area contributed by atoms with Crippen molar-refractivity contribution in [1.82, 2.24) is 16.0 Å². The average Bonchev–Trinajstić information content (AvgIpc) is 3.28. The van der Waals surface area contributed by atoms with E-state index in [0.717, 1.165) is 36.7 Å². The van der Waals surface area contributed by atoms with Gasteiger partial charge < -0.3 is 64.3 Å². The molecule has 19 nitrogen and oxygen atoms in total. The number of fused-ring (bicyclic) bond motifs is 8. The number of ether oxygens (including phenoxy) is 8. The molecule has 3 unspecified atom stereocenters. The molecule has 0 aromatic heterocycles. The van der Waals surface area contributed by atoms with Gasteiger partial charge in [-0.1, -0.05) is 78.4 Å². The van der Waals surface area contributed by atoms with Crippen LogP contribution in [-0.4, -0.2) is 149 Å². The number of ketones is 2. The van der Waals surface area contributed by atoms with Crippen LogP contribution in [0.1, 0.15) is 125 Å². The zero-order valence-electron chi connectivity index (χ0n) is 48.1. The molecule has 1 aromatic rings. The maximum atomic E-state index is 14.7. The molecule has 1 aliphatic heterocycles. The molecule has 6 aliphatic carbocycles. The molecule has 8 rings (SSSR count). The van der Waals surface area contributed by atoms with Crippen LogP contribution in [0.3, 0.4) is 0 Å². The fraction of sp³-hybridized carbons (Fsp3) is 0.738. The van der Waals surface area contributed by atoms with Crippen molar-refractivity contribution in [3.05, 3.63) is 48.1 Å². The topological polar surface area (TPSA) is 245 Å².